The van der Waals surface area contributed by atoms with E-state index in [4.69, 9.17) is 5.26 Å². The molecular formula is C13H13N3. The molecule has 3 heteroatoms. The molecule has 0 radical (unpaired) electrons. The van der Waals surface area contributed by atoms with Gasteiger partial charge in [-0.2, -0.15) is 10.4 Å². The van der Waals surface area contributed by atoms with Gasteiger partial charge in [0.1, 0.15) is 0 Å². The van der Waals surface area contributed by atoms with Crippen molar-refractivity contribution >= 4 is 0 Å². The van der Waals surface area contributed by atoms with Gasteiger partial charge in [-0.3, -0.25) is 0 Å². The average Bonchev–Trinajstić information content (AvgIpc) is 2.57. The van der Waals surface area contributed by atoms with Crippen molar-refractivity contribution in [2.45, 2.75) is 20.8 Å². The molecular weight excluding hydrogens is 198 g/mol. The van der Waals surface area contributed by atoms with E-state index in [2.05, 4.69) is 18.1 Å². The molecule has 0 aliphatic carbocycles. The number of hydrogen-bond acceptors (Lipinski definition) is 2. The highest BCUT2D eigenvalue weighted by Gasteiger charge is 2.08. The topological polar surface area (TPSA) is 41.6 Å². The molecule has 0 saturated heterocycles. The van der Waals surface area contributed by atoms with Crippen LogP contribution >= 0.6 is 0 Å². The van der Waals surface area contributed by atoms with Gasteiger partial charge in [-0.15, -0.1) is 0 Å². The van der Waals surface area contributed by atoms with Crippen molar-refractivity contribution in [3.63, 3.8) is 0 Å². The Labute approximate surface area is 94.9 Å². The van der Waals surface area contributed by atoms with E-state index in [1.165, 1.54) is 5.56 Å². The molecule has 16 heavy (non-hydrogen) atoms. The van der Waals surface area contributed by atoms with Crippen LogP contribution in [-0.4, -0.2) is 9.78 Å². The highest BCUT2D eigenvalue weighted by molar-refractivity contribution is 5.43. The second-order valence-electron chi connectivity index (χ2n) is 3.87. The highest BCUT2D eigenvalue weighted by atomic mass is 15.3. The van der Waals surface area contributed by atoms with Gasteiger partial charge < -0.3 is 0 Å². The summed E-state index contributed by atoms with van der Waals surface area (Å²) in [5, 5.41) is 13.3. The lowest BCUT2D eigenvalue weighted by Crippen LogP contribution is -1.99. The maximum atomic E-state index is 8.86. The largest absolute Gasteiger partial charge is 0.238 e. The summed E-state index contributed by atoms with van der Waals surface area (Å²) >= 11 is 0. The van der Waals surface area contributed by atoms with Crippen molar-refractivity contribution < 1.29 is 0 Å². The van der Waals surface area contributed by atoms with Crippen LogP contribution in [0.2, 0.25) is 0 Å². The highest BCUT2D eigenvalue weighted by Crippen LogP contribution is 2.17. The normalized spacial score (nSPS) is 10.1. The number of aryl methyl sites for hydroxylation is 1. The zero-order valence-corrected chi connectivity index (χ0v) is 9.65. The predicted molar refractivity (Wildman–Crippen MR) is 62.5 cm³/mol. The Kier molecular flexibility index (Phi) is 2.49. The molecule has 0 unspecified atom stereocenters. The lowest BCUT2D eigenvalue weighted by molar-refractivity contribution is 0.833. The van der Waals surface area contributed by atoms with Crippen LogP contribution in [0, 0.1) is 32.1 Å². The SMILES string of the molecule is Cc1nn(-c2cccc(C#N)c2)c(C)c1C. The molecule has 1 aromatic heterocycles. The van der Waals surface area contributed by atoms with Crippen LogP contribution < -0.4 is 0 Å². The van der Waals surface area contributed by atoms with Gasteiger partial charge in [-0.1, -0.05) is 6.07 Å². The van der Waals surface area contributed by atoms with Gasteiger partial charge in [0.05, 0.1) is 23.0 Å². The number of hydrogen-bond donors (Lipinski definition) is 0. The average molecular weight is 211 g/mol. The van der Waals surface area contributed by atoms with Crippen LogP contribution in [0.15, 0.2) is 24.3 Å². The molecule has 0 atom stereocenters. The first-order valence-electron chi connectivity index (χ1n) is 5.17. The first-order valence-corrected chi connectivity index (χ1v) is 5.17. The van der Waals surface area contributed by atoms with Gasteiger partial charge >= 0.3 is 0 Å². The third kappa shape index (κ3) is 1.59. The Morgan fingerprint density at radius 2 is 2.00 bits per heavy atom. The third-order valence-corrected chi connectivity index (χ3v) is 2.87. The Morgan fingerprint density at radius 1 is 1.25 bits per heavy atom. The van der Waals surface area contributed by atoms with E-state index in [9.17, 15) is 0 Å². The molecule has 0 saturated carbocycles. The Hall–Kier alpha value is -2.08. The van der Waals surface area contributed by atoms with Gasteiger partial charge in [-0.05, 0) is 44.5 Å². The molecule has 3 nitrogen and oxygen atoms in total. The van der Waals surface area contributed by atoms with Crippen molar-refractivity contribution in [3.05, 3.63) is 46.8 Å². The van der Waals surface area contributed by atoms with E-state index in [-0.39, 0.29) is 0 Å². The summed E-state index contributed by atoms with van der Waals surface area (Å²) in [5.74, 6) is 0. The van der Waals surface area contributed by atoms with Crippen LogP contribution in [0.25, 0.3) is 5.69 Å². The molecule has 1 aromatic carbocycles. The van der Waals surface area contributed by atoms with Gasteiger partial charge in [-0.25, -0.2) is 4.68 Å². The molecule has 0 spiro atoms. The summed E-state index contributed by atoms with van der Waals surface area (Å²) in [6.45, 7) is 6.09. The zero-order chi connectivity index (χ0) is 11.7. The van der Waals surface area contributed by atoms with Crippen molar-refractivity contribution in [1.82, 2.24) is 9.78 Å². The Bertz CT molecular complexity index is 573. The minimum Gasteiger partial charge on any atom is -0.238 e. The lowest BCUT2D eigenvalue weighted by atomic mass is 10.2. The molecule has 80 valence electrons. The second-order valence-corrected chi connectivity index (χ2v) is 3.87. The van der Waals surface area contributed by atoms with Crippen LogP contribution in [0.1, 0.15) is 22.5 Å². The van der Waals surface area contributed by atoms with E-state index < -0.39 is 0 Å². The van der Waals surface area contributed by atoms with Crippen molar-refractivity contribution in [2.75, 3.05) is 0 Å². The molecule has 2 aromatic rings. The second kappa shape index (κ2) is 3.82. The number of rotatable bonds is 1. The molecule has 0 amide bonds. The van der Waals surface area contributed by atoms with Gasteiger partial charge in [0.2, 0.25) is 0 Å². The molecule has 1 heterocycles. The van der Waals surface area contributed by atoms with Crippen LogP contribution in [-0.2, 0) is 0 Å². The van der Waals surface area contributed by atoms with E-state index in [1.54, 1.807) is 6.07 Å². The Balaban J connectivity index is 2.59. The summed E-state index contributed by atoms with van der Waals surface area (Å²) in [6.07, 6.45) is 0. The zero-order valence-electron chi connectivity index (χ0n) is 9.65. The lowest BCUT2D eigenvalue weighted by Gasteiger charge is -2.04. The van der Waals surface area contributed by atoms with Crippen LogP contribution in [0.4, 0.5) is 0 Å². The van der Waals surface area contributed by atoms with Crippen molar-refractivity contribution in [3.8, 4) is 11.8 Å². The predicted octanol–water partition coefficient (Wildman–Crippen LogP) is 2.67. The molecule has 2 rings (SSSR count). The van der Waals surface area contributed by atoms with Gasteiger partial charge in [0.15, 0.2) is 0 Å². The molecule has 0 aliphatic rings. The third-order valence-electron chi connectivity index (χ3n) is 2.87. The number of nitrogens with zero attached hydrogens (tertiary/aromatic N) is 3. The summed E-state index contributed by atoms with van der Waals surface area (Å²) in [4.78, 5) is 0. The fourth-order valence-corrected chi connectivity index (χ4v) is 1.68. The Morgan fingerprint density at radius 3 is 2.56 bits per heavy atom. The van der Waals surface area contributed by atoms with E-state index >= 15 is 0 Å². The summed E-state index contributed by atoms with van der Waals surface area (Å²) in [6, 6.07) is 9.61. The molecule has 0 aliphatic heterocycles. The summed E-state index contributed by atoms with van der Waals surface area (Å²) in [7, 11) is 0. The maximum absolute atomic E-state index is 8.86. The van der Waals surface area contributed by atoms with Crippen molar-refractivity contribution in [1.29, 1.82) is 5.26 Å². The standard InChI is InChI=1S/C13H13N3/c1-9-10(2)15-16(11(9)3)13-6-4-5-12(7-13)8-14/h4-7H,1-3H3. The van der Waals surface area contributed by atoms with E-state index in [1.807, 2.05) is 36.7 Å². The van der Waals surface area contributed by atoms with Crippen LogP contribution in [0.5, 0.6) is 0 Å². The minimum absolute atomic E-state index is 0.655. The molecule has 0 N–H and O–H groups in total. The van der Waals surface area contributed by atoms with Gasteiger partial charge in [0, 0.05) is 5.69 Å². The number of nitriles is 1. The maximum Gasteiger partial charge on any atom is 0.0992 e. The fraction of sp³-hybridized carbons (Fsp3) is 0.231. The van der Waals surface area contributed by atoms with Crippen LogP contribution in [0.3, 0.4) is 0 Å². The van der Waals surface area contributed by atoms with Crippen molar-refractivity contribution in [2.24, 2.45) is 0 Å². The molecule has 0 bridgehead atoms. The van der Waals surface area contributed by atoms with E-state index in [0.29, 0.717) is 5.56 Å². The van der Waals surface area contributed by atoms with Gasteiger partial charge in [0.25, 0.3) is 0 Å². The summed E-state index contributed by atoms with van der Waals surface area (Å²) in [5.41, 5.74) is 4.94. The number of benzene rings is 1. The minimum atomic E-state index is 0.655. The van der Waals surface area contributed by atoms with E-state index in [0.717, 1.165) is 17.1 Å². The molecule has 0 fully saturated rings. The number of aromatic nitrogens is 2. The first-order chi connectivity index (χ1) is 7.63. The summed E-state index contributed by atoms with van der Waals surface area (Å²) < 4.78 is 1.88. The smallest absolute Gasteiger partial charge is 0.0992 e. The first kappa shape index (κ1) is 10.4. The quantitative estimate of drug-likeness (QED) is 0.727. The monoisotopic (exact) mass is 211 g/mol. The fourth-order valence-electron chi connectivity index (χ4n) is 1.68.